The second kappa shape index (κ2) is 9.11. The molecule has 2 saturated carbocycles. The summed E-state index contributed by atoms with van der Waals surface area (Å²) < 4.78 is 40.3. The summed E-state index contributed by atoms with van der Waals surface area (Å²) in [5, 5.41) is 3.58. The van der Waals surface area contributed by atoms with Gasteiger partial charge in [-0.05, 0) is 50.3 Å². The van der Waals surface area contributed by atoms with Gasteiger partial charge in [-0.2, -0.15) is 13.2 Å². The second-order valence-corrected chi connectivity index (χ2v) is 9.80. The van der Waals surface area contributed by atoms with Gasteiger partial charge in [-0.1, -0.05) is 38.5 Å². The summed E-state index contributed by atoms with van der Waals surface area (Å²) in [6.45, 7) is 0.688. The molecule has 1 N–H and O–H groups in total. The number of alkyl halides is 3. The summed E-state index contributed by atoms with van der Waals surface area (Å²) >= 11 is 0. The summed E-state index contributed by atoms with van der Waals surface area (Å²) in [5.74, 6) is 1.29. The standard InChI is InChI=1S/C25H31F3N4O/c26-25(27,28)17-11-12-20-19(15-17)23(31-22(29-20)16-7-3-1-4-8-16)30-21-13-14-32(24(21)33)18-9-5-2-6-10-18/h11-12,15-16,18,21H,1-10,13-14H2,(H,29,30,31). The van der Waals surface area contributed by atoms with E-state index < -0.39 is 17.8 Å². The minimum absolute atomic E-state index is 0.0415. The summed E-state index contributed by atoms with van der Waals surface area (Å²) in [7, 11) is 0. The van der Waals surface area contributed by atoms with Crippen LogP contribution in [0.15, 0.2) is 18.2 Å². The van der Waals surface area contributed by atoms with Crippen LogP contribution in [0.3, 0.4) is 0 Å². The number of rotatable bonds is 4. The van der Waals surface area contributed by atoms with Crippen LogP contribution in [0.2, 0.25) is 0 Å². The minimum Gasteiger partial charge on any atom is -0.358 e. The number of nitrogens with one attached hydrogen (secondary N) is 1. The van der Waals surface area contributed by atoms with Crippen molar-refractivity contribution < 1.29 is 18.0 Å². The average Bonchev–Trinajstić information content (AvgIpc) is 3.19. The van der Waals surface area contributed by atoms with Gasteiger partial charge in [-0.3, -0.25) is 4.79 Å². The first-order valence-electron chi connectivity index (χ1n) is 12.4. The molecule has 2 aliphatic carbocycles. The lowest BCUT2D eigenvalue weighted by atomic mass is 9.88. The number of anilines is 1. The number of benzene rings is 1. The third-order valence-corrected chi connectivity index (χ3v) is 7.58. The Morgan fingerprint density at radius 1 is 0.909 bits per heavy atom. The van der Waals surface area contributed by atoms with Crippen molar-refractivity contribution >= 4 is 22.6 Å². The highest BCUT2D eigenvalue weighted by atomic mass is 19.4. The van der Waals surface area contributed by atoms with E-state index in [1.54, 1.807) is 0 Å². The summed E-state index contributed by atoms with van der Waals surface area (Å²) in [4.78, 5) is 24.5. The van der Waals surface area contributed by atoms with Gasteiger partial charge in [-0.15, -0.1) is 0 Å². The second-order valence-electron chi connectivity index (χ2n) is 9.80. The number of amides is 1. The highest BCUT2D eigenvalue weighted by Gasteiger charge is 2.37. The van der Waals surface area contributed by atoms with Gasteiger partial charge in [0.15, 0.2) is 0 Å². The molecular formula is C25H31F3N4O. The Hall–Kier alpha value is -2.38. The normalized spacial score (nSPS) is 23.4. The number of hydrogen-bond acceptors (Lipinski definition) is 4. The van der Waals surface area contributed by atoms with Crippen LogP contribution in [0.1, 0.15) is 87.9 Å². The number of halogens is 3. The van der Waals surface area contributed by atoms with E-state index in [2.05, 4.69) is 10.3 Å². The van der Waals surface area contributed by atoms with Crippen LogP contribution in [0, 0.1) is 0 Å². The van der Waals surface area contributed by atoms with Crippen LogP contribution in [0.4, 0.5) is 19.0 Å². The van der Waals surface area contributed by atoms with Gasteiger partial charge in [0.05, 0.1) is 11.1 Å². The first kappa shape index (κ1) is 22.4. The molecule has 2 heterocycles. The van der Waals surface area contributed by atoms with Gasteiger partial charge in [0.2, 0.25) is 5.91 Å². The maximum atomic E-state index is 13.4. The quantitative estimate of drug-likeness (QED) is 0.604. The third-order valence-electron chi connectivity index (χ3n) is 7.58. The Morgan fingerprint density at radius 3 is 2.30 bits per heavy atom. The monoisotopic (exact) mass is 460 g/mol. The molecule has 33 heavy (non-hydrogen) atoms. The minimum atomic E-state index is -4.45. The van der Waals surface area contributed by atoms with E-state index in [-0.39, 0.29) is 17.9 Å². The number of carbonyl (C=O) groups is 1. The van der Waals surface area contributed by atoms with Gasteiger partial charge in [0, 0.05) is 23.9 Å². The fourth-order valence-corrected chi connectivity index (χ4v) is 5.73. The zero-order valence-electron chi connectivity index (χ0n) is 18.8. The third kappa shape index (κ3) is 4.66. The van der Waals surface area contributed by atoms with E-state index in [4.69, 9.17) is 4.98 Å². The molecule has 1 unspecified atom stereocenters. The predicted molar refractivity (Wildman–Crippen MR) is 121 cm³/mol. The Kier molecular flexibility index (Phi) is 6.18. The zero-order valence-corrected chi connectivity index (χ0v) is 18.8. The van der Waals surface area contributed by atoms with Crippen LogP contribution in [0.5, 0.6) is 0 Å². The average molecular weight is 461 g/mol. The van der Waals surface area contributed by atoms with Crippen molar-refractivity contribution in [3.63, 3.8) is 0 Å². The molecule has 3 fully saturated rings. The molecule has 5 nitrogen and oxygen atoms in total. The van der Waals surface area contributed by atoms with Gasteiger partial charge in [0.25, 0.3) is 0 Å². The van der Waals surface area contributed by atoms with Crippen LogP contribution in [0.25, 0.3) is 10.9 Å². The number of likely N-dealkylation sites (tertiary alicyclic amines) is 1. The molecule has 1 aromatic carbocycles. The van der Waals surface area contributed by atoms with Crippen LogP contribution in [-0.2, 0) is 11.0 Å². The van der Waals surface area contributed by atoms with Crippen LogP contribution in [-0.4, -0.2) is 39.4 Å². The van der Waals surface area contributed by atoms with Crippen molar-refractivity contribution in [2.24, 2.45) is 0 Å². The molecule has 8 heteroatoms. The van der Waals surface area contributed by atoms with Gasteiger partial charge < -0.3 is 10.2 Å². The van der Waals surface area contributed by atoms with Crippen molar-refractivity contribution in [1.82, 2.24) is 14.9 Å². The molecule has 1 aliphatic heterocycles. The van der Waals surface area contributed by atoms with Gasteiger partial charge in [0.1, 0.15) is 17.7 Å². The van der Waals surface area contributed by atoms with Crippen molar-refractivity contribution in [3.8, 4) is 0 Å². The van der Waals surface area contributed by atoms with Crippen molar-refractivity contribution in [3.05, 3.63) is 29.6 Å². The Labute approximate surface area is 192 Å². The molecule has 1 amide bonds. The van der Waals surface area contributed by atoms with Crippen molar-refractivity contribution in [1.29, 1.82) is 0 Å². The molecule has 1 aromatic heterocycles. The molecule has 2 aromatic rings. The number of fused-ring (bicyclic) bond motifs is 1. The molecule has 1 atom stereocenters. The molecule has 0 bridgehead atoms. The molecule has 3 aliphatic rings. The van der Waals surface area contributed by atoms with E-state index in [9.17, 15) is 18.0 Å². The number of nitrogens with zero attached hydrogens (tertiary/aromatic N) is 3. The lowest BCUT2D eigenvalue weighted by Crippen LogP contribution is -2.41. The van der Waals surface area contributed by atoms with Gasteiger partial charge in [-0.25, -0.2) is 9.97 Å². The smallest absolute Gasteiger partial charge is 0.358 e. The topological polar surface area (TPSA) is 58.1 Å². The summed E-state index contributed by atoms with van der Waals surface area (Å²) in [5.41, 5.74) is -0.232. The fraction of sp³-hybridized carbons (Fsp3) is 0.640. The van der Waals surface area contributed by atoms with E-state index in [1.807, 2.05) is 4.90 Å². The molecule has 178 valence electrons. The van der Waals surface area contributed by atoms with Crippen molar-refractivity contribution in [2.75, 3.05) is 11.9 Å². The van der Waals surface area contributed by atoms with Gasteiger partial charge >= 0.3 is 6.18 Å². The zero-order chi connectivity index (χ0) is 23.0. The highest BCUT2D eigenvalue weighted by Crippen LogP contribution is 2.36. The number of carbonyl (C=O) groups excluding carboxylic acids is 1. The summed E-state index contributed by atoms with van der Waals surface area (Å²) in [6.07, 6.45) is 7.17. The Bertz CT molecular complexity index is 1010. The molecule has 0 spiro atoms. The predicted octanol–water partition coefficient (Wildman–Crippen LogP) is 6.04. The first-order valence-corrected chi connectivity index (χ1v) is 12.4. The fourth-order valence-electron chi connectivity index (χ4n) is 5.73. The van der Waals surface area contributed by atoms with E-state index in [1.165, 1.54) is 18.9 Å². The largest absolute Gasteiger partial charge is 0.416 e. The van der Waals surface area contributed by atoms with Crippen LogP contribution < -0.4 is 5.32 Å². The number of hydrogen-bond donors (Lipinski definition) is 1. The van der Waals surface area contributed by atoms with E-state index in [0.717, 1.165) is 63.5 Å². The summed E-state index contributed by atoms with van der Waals surface area (Å²) in [6, 6.07) is 3.45. The lowest BCUT2D eigenvalue weighted by molar-refractivity contribution is -0.137. The highest BCUT2D eigenvalue weighted by molar-refractivity contribution is 5.93. The lowest BCUT2D eigenvalue weighted by Gasteiger charge is -2.31. The van der Waals surface area contributed by atoms with E-state index in [0.29, 0.717) is 35.5 Å². The van der Waals surface area contributed by atoms with E-state index >= 15 is 0 Å². The Morgan fingerprint density at radius 2 is 1.61 bits per heavy atom. The molecular weight excluding hydrogens is 429 g/mol. The molecule has 1 saturated heterocycles. The van der Waals surface area contributed by atoms with Crippen molar-refractivity contribution in [2.45, 2.75) is 94.8 Å². The van der Waals surface area contributed by atoms with Crippen LogP contribution >= 0.6 is 0 Å². The molecule has 5 rings (SSSR count). The Balaban J connectivity index is 1.47. The molecule has 0 radical (unpaired) electrons. The maximum Gasteiger partial charge on any atom is 0.416 e. The SMILES string of the molecule is O=C1C(Nc2nc(C3CCCCC3)nc3ccc(C(F)(F)F)cc23)CCN1C1CCCCC1. The first-order chi connectivity index (χ1) is 15.9. The number of aromatic nitrogens is 2. The maximum absolute atomic E-state index is 13.4.